The number of nitrogens with one attached hydrogen (secondary N) is 2. The van der Waals surface area contributed by atoms with Gasteiger partial charge in [-0.25, -0.2) is 0 Å². The number of hydrogen-bond donors (Lipinski definition) is 2. The SMILES string of the molecule is CCC(NC(=S)Nc1ccc(N2CCCC2=O)c(C)c1)c1ccc(C)c(C)c1. The number of aryl methyl sites for hydroxylation is 3. The minimum Gasteiger partial charge on any atom is -0.356 e. The summed E-state index contributed by atoms with van der Waals surface area (Å²) in [6.45, 7) is 9.26. The van der Waals surface area contributed by atoms with E-state index in [0.717, 1.165) is 36.3 Å². The summed E-state index contributed by atoms with van der Waals surface area (Å²) < 4.78 is 0. The van der Waals surface area contributed by atoms with Crippen molar-refractivity contribution < 1.29 is 4.79 Å². The van der Waals surface area contributed by atoms with Gasteiger partial charge in [-0.05, 0) is 86.3 Å². The molecule has 1 heterocycles. The van der Waals surface area contributed by atoms with E-state index in [1.165, 1.54) is 16.7 Å². The predicted octanol–water partition coefficient (Wildman–Crippen LogP) is 5.18. The molecular formula is C23H29N3OS. The summed E-state index contributed by atoms with van der Waals surface area (Å²) in [6, 6.07) is 12.8. The van der Waals surface area contributed by atoms with Crippen molar-refractivity contribution in [1.82, 2.24) is 5.32 Å². The zero-order chi connectivity index (χ0) is 20.3. The minimum absolute atomic E-state index is 0.168. The van der Waals surface area contributed by atoms with Crippen molar-refractivity contribution in [3.8, 4) is 0 Å². The van der Waals surface area contributed by atoms with Crippen LogP contribution in [0.4, 0.5) is 11.4 Å². The molecule has 1 atom stereocenters. The second-order valence-corrected chi connectivity index (χ2v) is 7.96. The molecule has 1 aliphatic rings. The average molecular weight is 396 g/mol. The Morgan fingerprint density at radius 3 is 2.50 bits per heavy atom. The van der Waals surface area contributed by atoms with Gasteiger partial charge in [-0.1, -0.05) is 25.1 Å². The van der Waals surface area contributed by atoms with Crippen molar-refractivity contribution >= 4 is 34.6 Å². The summed E-state index contributed by atoms with van der Waals surface area (Å²) in [5.74, 6) is 0.208. The first-order valence-electron chi connectivity index (χ1n) is 9.94. The van der Waals surface area contributed by atoms with Crippen LogP contribution in [0, 0.1) is 20.8 Å². The lowest BCUT2D eigenvalue weighted by atomic mass is 9.99. The Labute approximate surface area is 173 Å². The number of carbonyl (C=O) groups is 1. The van der Waals surface area contributed by atoms with Gasteiger partial charge < -0.3 is 15.5 Å². The fraction of sp³-hybridized carbons (Fsp3) is 0.391. The Bertz CT molecular complexity index is 893. The summed E-state index contributed by atoms with van der Waals surface area (Å²) >= 11 is 5.55. The van der Waals surface area contributed by atoms with Gasteiger partial charge >= 0.3 is 0 Å². The highest BCUT2D eigenvalue weighted by atomic mass is 32.1. The molecule has 0 radical (unpaired) electrons. The monoisotopic (exact) mass is 395 g/mol. The lowest BCUT2D eigenvalue weighted by Gasteiger charge is -2.22. The number of rotatable bonds is 5. The molecular weight excluding hydrogens is 366 g/mol. The highest BCUT2D eigenvalue weighted by Crippen LogP contribution is 2.27. The maximum absolute atomic E-state index is 12.0. The van der Waals surface area contributed by atoms with E-state index in [-0.39, 0.29) is 11.9 Å². The van der Waals surface area contributed by atoms with Gasteiger partial charge in [0.2, 0.25) is 5.91 Å². The van der Waals surface area contributed by atoms with Crippen LogP contribution in [0.25, 0.3) is 0 Å². The summed E-state index contributed by atoms with van der Waals surface area (Å²) in [5, 5.41) is 7.33. The number of hydrogen-bond acceptors (Lipinski definition) is 2. The topological polar surface area (TPSA) is 44.4 Å². The number of nitrogens with zero attached hydrogens (tertiary/aromatic N) is 1. The second-order valence-electron chi connectivity index (χ2n) is 7.55. The fourth-order valence-electron chi connectivity index (χ4n) is 3.67. The normalized spacial score (nSPS) is 14.9. The quantitative estimate of drug-likeness (QED) is 0.685. The standard InChI is InChI=1S/C23H29N3OS/c1-5-20(18-9-8-15(2)16(3)13-18)25-23(28)24-19-10-11-21(17(4)14-19)26-12-6-7-22(26)27/h8-11,13-14,20H,5-7,12H2,1-4H3,(H2,24,25,28). The van der Waals surface area contributed by atoms with Gasteiger partial charge in [0.1, 0.15) is 0 Å². The predicted molar refractivity (Wildman–Crippen MR) is 121 cm³/mol. The molecule has 0 spiro atoms. The van der Waals surface area contributed by atoms with Crippen LogP contribution in [0.5, 0.6) is 0 Å². The van der Waals surface area contributed by atoms with E-state index in [0.29, 0.717) is 11.5 Å². The van der Waals surface area contributed by atoms with Gasteiger partial charge in [0.25, 0.3) is 0 Å². The molecule has 1 saturated heterocycles. The Morgan fingerprint density at radius 2 is 1.89 bits per heavy atom. The van der Waals surface area contributed by atoms with Crippen LogP contribution in [0.1, 0.15) is 54.5 Å². The van der Waals surface area contributed by atoms with Gasteiger partial charge in [0, 0.05) is 24.3 Å². The molecule has 148 valence electrons. The van der Waals surface area contributed by atoms with Crippen LogP contribution < -0.4 is 15.5 Å². The molecule has 1 amide bonds. The minimum atomic E-state index is 0.168. The van der Waals surface area contributed by atoms with Crippen LogP contribution in [-0.4, -0.2) is 17.6 Å². The molecule has 4 nitrogen and oxygen atoms in total. The van der Waals surface area contributed by atoms with E-state index in [9.17, 15) is 4.79 Å². The molecule has 28 heavy (non-hydrogen) atoms. The highest BCUT2D eigenvalue weighted by molar-refractivity contribution is 7.80. The molecule has 0 saturated carbocycles. The zero-order valence-electron chi connectivity index (χ0n) is 17.1. The Hall–Kier alpha value is -2.40. The molecule has 1 aliphatic heterocycles. The first kappa shape index (κ1) is 20.3. The fourth-order valence-corrected chi connectivity index (χ4v) is 3.93. The van der Waals surface area contributed by atoms with Gasteiger partial charge in [-0.2, -0.15) is 0 Å². The lowest BCUT2D eigenvalue weighted by Crippen LogP contribution is -2.32. The number of amides is 1. The van der Waals surface area contributed by atoms with Crippen molar-refractivity contribution in [2.45, 2.75) is 53.0 Å². The summed E-state index contributed by atoms with van der Waals surface area (Å²) in [4.78, 5) is 13.9. The van der Waals surface area contributed by atoms with Gasteiger partial charge in [-0.3, -0.25) is 4.79 Å². The molecule has 3 rings (SSSR count). The van der Waals surface area contributed by atoms with Gasteiger partial charge in [0.05, 0.1) is 6.04 Å². The molecule has 2 aromatic carbocycles. The van der Waals surface area contributed by atoms with E-state index in [1.54, 1.807) is 0 Å². The van der Waals surface area contributed by atoms with E-state index < -0.39 is 0 Å². The maximum atomic E-state index is 12.0. The number of benzene rings is 2. The third kappa shape index (κ3) is 4.53. The van der Waals surface area contributed by atoms with Crippen LogP contribution >= 0.6 is 12.2 Å². The van der Waals surface area contributed by atoms with Crippen molar-refractivity contribution in [2.24, 2.45) is 0 Å². The van der Waals surface area contributed by atoms with Crippen molar-refractivity contribution in [3.05, 3.63) is 58.7 Å². The average Bonchev–Trinajstić information content (AvgIpc) is 3.08. The maximum Gasteiger partial charge on any atom is 0.227 e. The number of thiocarbonyl (C=S) groups is 1. The molecule has 0 bridgehead atoms. The highest BCUT2D eigenvalue weighted by Gasteiger charge is 2.23. The van der Waals surface area contributed by atoms with Crippen molar-refractivity contribution in [3.63, 3.8) is 0 Å². The van der Waals surface area contributed by atoms with Crippen LogP contribution in [0.2, 0.25) is 0 Å². The van der Waals surface area contributed by atoms with Crippen LogP contribution in [0.15, 0.2) is 36.4 Å². The van der Waals surface area contributed by atoms with E-state index in [4.69, 9.17) is 12.2 Å². The molecule has 1 unspecified atom stereocenters. The summed E-state index contributed by atoms with van der Waals surface area (Å²) in [6.07, 6.45) is 2.52. The first-order chi connectivity index (χ1) is 13.4. The summed E-state index contributed by atoms with van der Waals surface area (Å²) in [7, 11) is 0. The molecule has 0 aliphatic carbocycles. The van der Waals surface area contributed by atoms with E-state index >= 15 is 0 Å². The molecule has 1 fully saturated rings. The number of anilines is 2. The number of carbonyl (C=O) groups excluding carboxylic acids is 1. The summed E-state index contributed by atoms with van der Waals surface area (Å²) in [5.41, 5.74) is 6.83. The van der Waals surface area contributed by atoms with Gasteiger partial charge in [-0.15, -0.1) is 0 Å². The lowest BCUT2D eigenvalue weighted by molar-refractivity contribution is -0.117. The molecule has 5 heteroatoms. The van der Waals surface area contributed by atoms with Gasteiger partial charge in [0.15, 0.2) is 5.11 Å². The van der Waals surface area contributed by atoms with Crippen molar-refractivity contribution in [2.75, 3.05) is 16.8 Å². The second kappa shape index (κ2) is 8.74. The van der Waals surface area contributed by atoms with Crippen molar-refractivity contribution in [1.29, 1.82) is 0 Å². The third-order valence-electron chi connectivity index (χ3n) is 5.47. The van der Waals surface area contributed by atoms with Crippen LogP contribution in [-0.2, 0) is 4.79 Å². The smallest absolute Gasteiger partial charge is 0.227 e. The molecule has 2 N–H and O–H groups in total. The molecule has 0 aromatic heterocycles. The Kier molecular flexibility index (Phi) is 6.35. The van der Waals surface area contributed by atoms with E-state index in [2.05, 4.69) is 49.6 Å². The van der Waals surface area contributed by atoms with Crippen LogP contribution in [0.3, 0.4) is 0 Å². The molecule has 2 aromatic rings. The Morgan fingerprint density at radius 1 is 1.11 bits per heavy atom. The zero-order valence-corrected chi connectivity index (χ0v) is 18.0. The third-order valence-corrected chi connectivity index (χ3v) is 5.69. The first-order valence-corrected chi connectivity index (χ1v) is 10.4. The largest absolute Gasteiger partial charge is 0.356 e. The van der Waals surface area contributed by atoms with E-state index in [1.807, 2.05) is 30.0 Å². The Balaban J connectivity index is 1.67.